The topological polar surface area (TPSA) is 21.7 Å². The first-order valence-corrected chi connectivity index (χ1v) is 7.23. The molecule has 0 spiro atoms. The van der Waals surface area contributed by atoms with E-state index in [2.05, 4.69) is 36.2 Å². The van der Waals surface area contributed by atoms with Crippen molar-refractivity contribution < 1.29 is 9.47 Å². The lowest BCUT2D eigenvalue weighted by Gasteiger charge is -2.34. The highest BCUT2D eigenvalue weighted by Gasteiger charge is 2.23. The Kier molecular flexibility index (Phi) is 3.74. The van der Waals surface area contributed by atoms with Crippen LogP contribution < -0.4 is 14.4 Å². The molecule has 0 N–H and O–H groups in total. The lowest BCUT2D eigenvalue weighted by Crippen LogP contribution is -2.30. The lowest BCUT2D eigenvalue weighted by molar-refractivity contribution is 0.414. The lowest BCUT2D eigenvalue weighted by atomic mass is 9.87. The van der Waals surface area contributed by atoms with Crippen LogP contribution in [0.5, 0.6) is 11.5 Å². The summed E-state index contributed by atoms with van der Waals surface area (Å²) >= 11 is 0. The normalized spacial score (nSPS) is 17.3. The van der Waals surface area contributed by atoms with E-state index in [4.69, 9.17) is 9.47 Å². The number of ether oxygens (including phenoxy) is 2. The summed E-state index contributed by atoms with van der Waals surface area (Å²) in [5, 5.41) is 0. The van der Waals surface area contributed by atoms with Crippen LogP contribution in [0.4, 0.5) is 5.69 Å². The van der Waals surface area contributed by atoms with Crippen LogP contribution >= 0.6 is 0 Å². The molecule has 1 aliphatic heterocycles. The van der Waals surface area contributed by atoms with Crippen LogP contribution in [0.15, 0.2) is 42.5 Å². The number of likely N-dealkylation sites (N-methyl/N-ethyl adjacent to an activating group) is 1. The predicted molar refractivity (Wildman–Crippen MR) is 85.7 cm³/mol. The Labute approximate surface area is 126 Å². The highest BCUT2D eigenvalue weighted by molar-refractivity contribution is 5.59. The van der Waals surface area contributed by atoms with Crippen LogP contribution in [0.25, 0.3) is 0 Å². The molecular formula is C18H21NO2. The zero-order valence-corrected chi connectivity index (χ0v) is 12.8. The molecule has 1 unspecified atom stereocenters. The summed E-state index contributed by atoms with van der Waals surface area (Å²) < 4.78 is 10.6. The van der Waals surface area contributed by atoms with Gasteiger partial charge in [-0.25, -0.2) is 0 Å². The molecule has 21 heavy (non-hydrogen) atoms. The number of hydrogen-bond acceptors (Lipinski definition) is 3. The van der Waals surface area contributed by atoms with E-state index >= 15 is 0 Å². The maximum Gasteiger partial charge on any atom is 0.120 e. The molecule has 3 heteroatoms. The number of fused-ring (bicyclic) bond motifs is 1. The fourth-order valence-electron chi connectivity index (χ4n) is 3.06. The Morgan fingerprint density at radius 1 is 0.952 bits per heavy atom. The van der Waals surface area contributed by atoms with Gasteiger partial charge in [0, 0.05) is 31.3 Å². The van der Waals surface area contributed by atoms with Crippen molar-refractivity contribution in [3.05, 3.63) is 53.6 Å². The average Bonchev–Trinajstić information content (AvgIpc) is 2.54. The molecule has 0 bridgehead atoms. The van der Waals surface area contributed by atoms with Crippen LogP contribution in [0, 0.1) is 0 Å². The van der Waals surface area contributed by atoms with Crippen molar-refractivity contribution in [3.63, 3.8) is 0 Å². The Balaban J connectivity index is 1.87. The van der Waals surface area contributed by atoms with Gasteiger partial charge in [0.2, 0.25) is 0 Å². The number of hydrogen-bond donors (Lipinski definition) is 0. The second kappa shape index (κ2) is 5.68. The fraction of sp³-hybridized carbons (Fsp3) is 0.333. The van der Waals surface area contributed by atoms with Gasteiger partial charge in [-0.2, -0.15) is 0 Å². The minimum atomic E-state index is 0.516. The van der Waals surface area contributed by atoms with Crippen LogP contribution in [-0.2, 0) is 6.42 Å². The zero-order valence-electron chi connectivity index (χ0n) is 12.8. The molecular weight excluding hydrogens is 262 g/mol. The van der Waals surface area contributed by atoms with Gasteiger partial charge in [0.05, 0.1) is 14.2 Å². The van der Waals surface area contributed by atoms with Gasteiger partial charge in [-0.1, -0.05) is 18.2 Å². The first-order chi connectivity index (χ1) is 10.2. The van der Waals surface area contributed by atoms with Crippen LogP contribution in [0.2, 0.25) is 0 Å². The Morgan fingerprint density at radius 2 is 1.62 bits per heavy atom. The van der Waals surface area contributed by atoms with Crippen molar-refractivity contribution in [2.24, 2.45) is 0 Å². The van der Waals surface area contributed by atoms with E-state index in [0.29, 0.717) is 5.92 Å². The highest BCUT2D eigenvalue weighted by Crippen LogP contribution is 2.36. The summed E-state index contributed by atoms with van der Waals surface area (Å²) in [6.07, 6.45) is 1.07. The molecule has 110 valence electrons. The predicted octanol–water partition coefficient (Wildman–Crippen LogP) is 3.48. The van der Waals surface area contributed by atoms with E-state index in [0.717, 1.165) is 24.5 Å². The van der Waals surface area contributed by atoms with Crippen molar-refractivity contribution in [1.29, 1.82) is 0 Å². The maximum atomic E-state index is 5.33. The molecule has 1 atom stereocenters. The molecule has 3 rings (SSSR count). The molecule has 0 saturated carbocycles. The second-order valence-electron chi connectivity index (χ2n) is 5.55. The standard InChI is InChI=1S/C18H21NO2/c1-19-12-15(13-4-7-16(20-2)8-5-13)10-14-6-9-17(21-3)11-18(14)19/h4-9,11,15H,10,12H2,1-3H3. The van der Waals surface area contributed by atoms with Crippen molar-refractivity contribution >= 4 is 5.69 Å². The minimum absolute atomic E-state index is 0.516. The average molecular weight is 283 g/mol. The highest BCUT2D eigenvalue weighted by atomic mass is 16.5. The molecule has 1 heterocycles. The largest absolute Gasteiger partial charge is 0.497 e. The molecule has 1 aliphatic rings. The summed E-state index contributed by atoms with van der Waals surface area (Å²) in [7, 11) is 5.56. The molecule has 0 saturated heterocycles. The summed E-state index contributed by atoms with van der Waals surface area (Å²) in [5.74, 6) is 2.35. The smallest absolute Gasteiger partial charge is 0.120 e. The minimum Gasteiger partial charge on any atom is -0.497 e. The van der Waals surface area contributed by atoms with Gasteiger partial charge >= 0.3 is 0 Å². The summed E-state index contributed by atoms with van der Waals surface area (Å²) in [4.78, 5) is 2.32. The molecule has 0 amide bonds. The van der Waals surface area contributed by atoms with Gasteiger partial charge < -0.3 is 14.4 Å². The Hall–Kier alpha value is -2.16. The third-order valence-corrected chi connectivity index (χ3v) is 4.25. The fourth-order valence-corrected chi connectivity index (χ4v) is 3.06. The van der Waals surface area contributed by atoms with Gasteiger partial charge in [0.1, 0.15) is 11.5 Å². The van der Waals surface area contributed by atoms with Gasteiger partial charge in [-0.15, -0.1) is 0 Å². The van der Waals surface area contributed by atoms with E-state index in [9.17, 15) is 0 Å². The Bertz CT molecular complexity index is 622. The second-order valence-corrected chi connectivity index (χ2v) is 5.55. The molecule has 2 aromatic carbocycles. The van der Waals surface area contributed by atoms with Crippen molar-refractivity contribution in [2.75, 3.05) is 32.7 Å². The number of methoxy groups -OCH3 is 2. The maximum absolute atomic E-state index is 5.33. The van der Waals surface area contributed by atoms with Crippen molar-refractivity contribution in [1.82, 2.24) is 0 Å². The molecule has 0 aromatic heterocycles. The van der Waals surface area contributed by atoms with E-state index < -0.39 is 0 Å². The summed E-state index contributed by atoms with van der Waals surface area (Å²) in [5.41, 5.74) is 4.02. The van der Waals surface area contributed by atoms with Gasteiger partial charge in [0.25, 0.3) is 0 Å². The van der Waals surface area contributed by atoms with E-state index in [-0.39, 0.29) is 0 Å². The van der Waals surface area contributed by atoms with Gasteiger partial charge in [0.15, 0.2) is 0 Å². The van der Waals surface area contributed by atoms with E-state index in [1.54, 1.807) is 14.2 Å². The molecule has 3 nitrogen and oxygen atoms in total. The van der Waals surface area contributed by atoms with Crippen molar-refractivity contribution in [3.8, 4) is 11.5 Å². The number of anilines is 1. The molecule has 0 fully saturated rings. The zero-order chi connectivity index (χ0) is 14.8. The van der Waals surface area contributed by atoms with Gasteiger partial charge in [-0.05, 0) is 35.7 Å². The monoisotopic (exact) mass is 283 g/mol. The van der Waals surface area contributed by atoms with E-state index in [1.165, 1.54) is 16.8 Å². The van der Waals surface area contributed by atoms with E-state index in [1.807, 2.05) is 18.2 Å². The molecule has 0 radical (unpaired) electrons. The van der Waals surface area contributed by atoms with Gasteiger partial charge in [-0.3, -0.25) is 0 Å². The molecule has 2 aromatic rings. The quantitative estimate of drug-likeness (QED) is 0.861. The van der Waals surface area contributed by atoms with Crippen LogP contribution in [0.1, 0.15) is 17.0 Å². The number of nitrogens with zero attached hydrogens (tertiary/aromatic N) is 1. The van der Waals surface area contributed by atoms with Crippen LogP contribution in [0.3, 0.4) is 0 Å². The first kappa shape index (κ1) is 13.8. The molecule has 0 aliphatic carbocycles. The summed E-state index contributed by atoms with van der Waals surface area (Å²) in [6, 6.07) is 14.8. The number of rotatable bonds is 3. The van der Waals surface area contributed by atoms with Crippen molar-refractivity contribution in [2.45, 2.75) is 12.3 Å². The third kappa shape index (κ3) is 2.68. The third-order valence-electron chi connectivity index (χ3n) is 4.25. The number of benzene rings is 2. The van der Waals surface area contributed by atoms with Crippen LogP contribution in [-0.4, -0.2) is 27.8 Å². The first-order valence-electron chi connectivity index (χ1n) is 7.23. The SMILES string of the molecule is COc1ccc(C2Cc3ccc(OC)cc3N(C)C2)cc1. The summed E-state index contributed by atoms with van der Waals surface area (Å²) in [6.45, 7) is 1.02. The Morgan fingerprint density at radius 3 is 2.29 bits per heavy atom.